The van der Waals surface area contributed by atoms with Crippen LogP contribution < -0.4 is 15.5 Å². The van der Waals surface area contributed by atoms with Gasteiger partial charge in [0.25, 0.3) is 7.37 Å². The minimum Gasteiger partial charge on any atom is -0.378 e. The van der Waals surface area contributed by atoms with Crippen LogP contribution in [0.2, 0.25) is 0 Å². The molecule has 1 aliphatic rings. The van der Waals surface area contributed by atoms with E-state index >= 15 is 8.96 Å². The van der Waals surface area contributed by atoms with Crippen molar-refractivity contribution in [3.8, 4) is 0 Å². The Morgan fingerprint density at radius 1 is 0.946 bits per heavy atom. The van der Waals surface area contributed by atoms with Crippen LogP contribution in [-0.4, -0.2) is 20.2 Å². The molecule has 4 rings (SSSR count). The molecule has 0 saturated heterocycles. The zero-order chi connectivity index (χ0) is 26.6. The van der Waals surface area contributed by atoms with Crippen molar-refractivity contribution < 1.29 is 13.5 Å². The fraction of sp³-hybridized carbons (Fsp3) is 0.419. The Bertz CT molecular complexity index is 1200. The lowest BCUT2D eigenvalue weighted by atomic mass is 9.75. The molecule has 1 aliphatic carbocycles. The van der Waals surface area contributed by atoms with E-state index in [9.17, 15) is 0 Å². The second-order valence-corrected chi connectivity index (χ2v) is 13.3. The summed E-state index contributed by atoms with van der Waals surface area (Å²) in [5.74, 6) is -0.105. The first-order valence-electron chi connectivity index (χ1n) is 13.3. The highest BCUT2D eigenvalue weighted by atomic mass is 31.2. The maximum atomic E-state index is 15.4. The lowest BCUT2D eigenvalue weighted by Gasteiger charge is -2.41. The maximum Gasteiger partial charge on any atom is 0.258 e. The second-order valence-electron chi connectivity index (χ2n) is 10.9. The van der Waals surface area contributed by atoms with Gasteiger partial charge < -0.3 is 14.7 Å². The van der Waals surface area contributed by atoms with Gasteiger partial charge in [0.15, 0.2) is 0 Å². The molecule has 4 nitrogen and oxygen atoms in total. The zero-order valence-corrected chi connectivity index (χ0v) is 23.5. The Morgan fingerprint density at radius 2 is 1.59 bits per heavy atom. The molecule has 3 aromatic carbocycles. The first-order valence-corrected chi connectivity index (χ1v) is 15.0. The molecule has 198 valence electrons. The third kappa shape index (κ3) is 6.27. The summed E-state index contributed by atoms with van der Waals surface area (Å²) in [5, 5.41) is 4.01. The summed E-state index contributed by atoms with van der Waals surface area (Å²) in [4.78, 5) is 2.00. The van der Waals surface area contributed by atoms with E-state index in [1.807, 2.05) is 73.6 Å². The van der Waals surface area contributed by atoms with E-state index in [0.29, 0.717) is 28.6 Å². The highest BCUT2D eigenvalue weighted by molar-refractivity contribution is 7.67. The lowest BCUT2D eigenvalue weighted by Crippen LogP contribution is -2.36. The van der Waals surface area contributed by atoms with Crippen LogP contribution in [0.4, 0.5) is 15.8 Å². The summed E-state index contributed by atoms with van der Waals surface area (Å²) in [6.45, 7) is 6.66. The molecule has 5 atom stereocenters. The van der Waals surface area contributed by atoms with Gasteiger partial charge in [-0.2, -0.15) is 0 Å². The molecule has 0 spiro atoms. The van der Waals surface area contributed by atoms with Crippen molar-refractivity contribution in [1.82, 2.24) is 0 Å². The number of nitrogens with zero attached hydrogens (tertiary/aromatic N) is 1. The standard InChI is InChI=1S/C31H40FN2O2P/c1-22(2)27-20-15-23(3)21-30(27)36-37(35,26-18-16-25(17-19-26)34(4)5)31(28-13-9-10-14-29(28)32)33-24-11-7-6-8-12-24/h6-14,16-19,22-23,27,30-31,33H,15,20-21H2,1-5H3/t23-,27+,30-,31+,37-/m1/s1. The van der Waals surface area contributed by atoms with Crippen molar-refractivity contribution in [2.75, 3.05) is 24.3 Å². The van der Waals surface area contributed by atoms with Crippen molar-refractivity contribution in [3.05, 3.63) is 90.2 Å². The molecular formula is C31H40FN2O2P. The molecule has 6 heteroatoms. The molecule has 0 heterocycles. The highest BCUT2D eigenvalue weighted by Gasteiger charge is 2.44. The van der Waals surface area contributed by atoms with Gasteiger partial charge in [0.2, 0.25) is 0 Å². The molecule has 1 saturated carbocycles. The summed E-state index contributed by atoms with van der Waals surface area (Å²) in [7, 11) is 0.258. The smallest absolute Gasteiger partial charge is 0.258 e. The van der Waals surface area contributed by atoms with Crippen LogP contribution >= 0.6 is 7.37 Å². The molecule has 37 heavy (non-hydrogen) atoms. The Kier molecular flexibility index (Phi) is 8.77. The molecule has 1 fully saturated rings. The Morgan fingerprint density at radius 3 is 2.22 bits per heavy atom. The van der Waals surface area contributed by atoms with Crippen molar-refractivity contribution in [2.45, 2.75) is 51.9 Å². The fourth-order valence-corrected chi connectivity index (χ4v) is 8.05. The number of anilines is 2. The number of para-hydroxylation sites is 1. The van der Waals surface area contributed by atoms with E-state index in [2.05, 4.69) is 26.1 Å². The van der Waals surface area contributed by atoms with E-state index in [1.165, 1.54) is 6.07 Å². The molecule has 1 N–H and O–H groups in total. The Labute approximate surface area is 221 Å². The van der Waals surface area contributed by atoms with Gasteiger partial charge in [-0.25, -0.2) is 4.39 Å². The van der Waals surface area contributed by atoms with Gasteiger partial charge in [0, 0.05) is 36.3 Å². The number of nitrogens with one attached hydrogen (secondary N) is 1. The van der Waals surface area contributed by atoms with Crippen molar-refractivity contribution in [2.24, 2.45) is 17.8 Å². The van der Waals surface area contributed by atoms with Gasteiger partial charge in [-0.3, -0.25) is 4.57 Å². The summed E-state index contributed by atoms with van der Waals surface area (Å²) < 4.78 is 37.7. The predicted molar refractivity (Wildman–Crippen MR) is 153 cm³/mol. The minimum absolute atomic E-state index is 0.171. The molecule has 0 aromatic heterocycles. The summed E-state index contributed by atoms with van der Waals surface area (Å²) in [5.41, 5.74) is 2.11. The lowest BCUT2D eigenvalue weighted by molar-refractivity contribution is 0.0488. The van der Waals surface area contributed by atoms with Crippen LogP contribution in [0.5, 0.6) is 0 Å². The number of benzene rings is 3. The SMILES string of the molecule is CC(C)[C@@H]1CC[C@@H](C)C[C@H]1O[P@](=O)(c1ccc(N(C)C)cc1)[C@H](Nc1ccccc1)c1ccccc1F. The molecular weight excluding hydrogens is 482 g/mol. The first-order chi connectivity index (χ1) is 17.7. The summed E-state index contributed by atoms with van der Waals surface area (Å²) in [6.07, 6.45) is 2.86. The molecule has 0 amide bonds. The third-order valence-electron chi connectivity index (χ3n) is 7.60. The predicted octanol–water partition coefficient (Wildman–Crippen LogP) is 8.08. The fourth-order valence-electron chi connectivity index (χ4n) is 5.40. The minimum atomic E-state index is -3.69. The van der Waals surface area contributed by atoms with Crippen molar-refractivity contribution in [3.63, 3.8) is 0 Å². The average Bonchev–Trinajstić information content (AvgIpc) is 2.88. The van der Waals surface area contributed by atoms with Crippen LogP contribution in [0.3, 0.4) is 0 Å². The average molecular weight is 523 g/mol. The number of hydrogen-bond donors (Lipinski definition) is 1. The summed E-state index contributed by atoms with van der Waals surface area (Å²) >= 11 is 0. The van der Waals surface area contributed by atoms with Gasteiger partial charge in [-0.1, -0.05) is 63.6 Å². The third-order valence-corrected chi connectivity index (χ3v) is 10.3. The number of rotatable bonds is 9. The topological polar surface area (TPSA) is 41.6 Å². The molecule has 0 aliphatic heterocycles. The van der Waals surface area contributed by atoms with Crippen LogP contribution in [0.25, 0.3) is 0 Å². The van der Waals surface area contributed by atoms with E-state index in [4.69, 9.17) is 4.52 Å². The maximum absolute atomic E-state index is 15.4. The normalized spacial score (nSPS) is 22.3. The molecule has 3 aromatic rings. The van der Waals surface area contributed by atoms with Crippen molar-refractivity contribution >= 4 is 24.0 Å². The first kappa shape index (κ1) is 27.4. The van der Waals surface area contributed by atoms with E-state index < -0.39 is 19.0 Å². The molecule has 0 bridgehead atoms. The van der Waals surface area contributed by atoms with Crippen molar-refractivity contribution in [1.29, 1.82) is 0 Å². The van der Waals surface area contributed by atoms with E-state index in [1.54, 1.807) is 18.2 Å². The second kappa shape index (κ2) is 11.8. The Balaban J connectivity index is 1.86. The van der Waals surface area contributed by atoms with E-state index in [-0.39, 0.29) is 6.10 Å². The highest BCUT2D eigenvalue weighted by Crippen LogP contribution is 2.62. The van der Waals surface area contributed by atoms with E-state index in [0.717, 1.165) is 30.6 Å². The van der Waals surface area contributed by atoms with Gasteiger partial charge >= 0.3 is 0 Å². The van der Waals surface area contributed by atoms with Crippen LogP contribution in [0.1, 0.15) is 51.4 Å². The Hall–Kier alpha value is -2.62. The van der Waals surface area contributed by atoms with Gasteiger partial charge in [0.05, 0.1) is 6.10 Å². The summed E-state index contributed by atoms with van der Waals surface area (Å²) in [6, 6.07) is 23.8. The quantitative estimate of drug-likeness (QED) is 0.289. The van der Waals surface area contributed by atoms with Crippen LogP contribution in [0, 0.1) is 23.6 Å². The van der Waals surface area contributed by atoms with Gasteiger partial charge in [0.1, 0.15) is 11.6 Å². The number of halogens is 1. The number of hydrogen-bond acceptors (Lipinski definition) is 4. The molecule has 0 unspecified atom stereocenters. The van der Waals surface area contributed by atoms with Crippen LogP contribution in [0.15, 0.2) is 78.9 Å². The van der Waals surface area contributed by atoms with Gasteiger partial charge in [-0.15, -0.1) is 0 Å². The monoisotopic (exact) mass is 522 g/mol. The molecule has 0 radical (unpaired) electrons. The van der Waals surface area contributed by atoms with Crippen LogP contribution in [-0.2, 0) is 9.09 Å². The van der Waals surface area contributed by atoms with Gasteiger partial charge in [-0.05, 0) is 73.1 Å². The largest absolute Gasteiger partial charge is 0.378 e. The zero-order valence-electron chi connectivity index (χ0n) is 22.6.